The minimum atomic E-state index is 0.143. The molecule has 0 bridgehead atoms. The molecule has 0 saturated heterocycles. The fourth-order valence-corrected chi connectivity index (χ4v) is 4.54. The van der Waals surface area contributed by atoms with Crippen molar-refractivity contribution in [3.8, 4) is 0 Å². The van der Waals surface area contributed by atoms with E-state index in [1.54, 1.807) is 0 Å². The lowest BCUT2D eigenvalue weighted by Crippen LogP contribution is -2.34. The van der Waals surface area contributed by atoms with Gasteiger partial charge in [-0.1, -0.05) is 79.9 Å². The molecule has 0 unspecified atom stereocenters. The molecule has 2 aromatic carbocycles. The minimum Gasteiger partial charge on any atom is -0.345 e. The summed E-state index contributed by atoms with van der Waals surface area (Å²) in [6.45, 7) is 6.73. The van der Waals surface area contributed by atoms with Crippen LogP contribution in [0.15, 0.2) is 72.9 Å². The number of hydrogen-bond acceptors (Lipinski definition) is 1. The Morgan fingerprint density at radius 3 is 2.65 bits per heavy atom. The van der Waals surface area contributed by atoms with Crippen LogP contribution in [-0.4, -0.2) is 21.9 Å². The highest BCUT2D eigenvalue weighted by Gasteiger charge is 2.45. The Bertz CT molecular complexity index is 991. The number of carbonyl (C=O) groups is 1. The summed E-state index contributed by atoms with van der Waals surface area (Å²) in [5.41, 5.74) is 5.09. The van der Waals surface area contributed by atoms with Crippen LogP contribution in [0.4, 0.5) is 0 Å². The van der Waals surface area contributed by atoms with Crippen LogP contribution in [0.25, 0.3) is 0 Å². The average Bonchev–Trinajstić information content (AvgIpc) is 3.47. The lowest BCUT2D eigenvalue weighted by Gasteiger charge is -2.24. The van der Waals surface area contributed by atoms with Gasteiger partial charge in [-0.25, -0.2) is 0 Å². The number of carbonyl (C=O) groups excluding carboxylic acids is 1. The van der Waals surface area contributed by atoms with Gasteiger partial charge in [0.25, 0.3) is 0 Å². The second-order valence-electron chi connectivity index (χ2n) is 8.94. The first-order valence-corrected chi connectivity index (χ1v) is 11.7. The summed E-state index contributed by atoms with van der Waals surface area (Å²) in [5.74, 6) is 0.860. The fraction of sp³-hybridized carbons (Fsp3) is 0.393. The van der Waals surface area contributed by atoms with Gasteiger partial charge in [0, 0.05) is 30.9 Å². The van der Waals surface area contributed by atoms with E-state index < -0.39 is 0 Å². The number of benzene rings is 2. The van der Waals surface area contributed by atoms with Crippen LogP contribution in [0.2, 0.25) is 0 Å². The molecule has 2 atom stereocenters. The van der Waals surface area contributed by atoms with Crippen LogP contribution in [0.3, 0.4) is 0 Å². The molecule has 3 nitrogen and oxygen atoms in total. The average molecular weight is 415 g/mol. The van der Waals surface area contributed by atoms with Gasteiger partial charge in [-0.3, -0.25) is 4.79 Å². The number of nitrogens with zero attached hydrogens (tertiary/aromatic N) is 2. The number of amides is 1. The summed E-state index contributed by atoms with van der Waals surface area (Å²) < 4.78 is 2.29. The van der Waals surface area contributed by atoms with Crippen LogP contribution in [0.1, 0.15) is 60.9 Å². The first kappa shape index (κ1) is 21.4. The van der Waals surface area contributed by atoms with E-state index in [0.717, 1.165) is 25.9 Å². The molecule has 1 aromatic heterocycles. The molecule has 0 N–H and O–H groups in total. The van der Waals surface area contributed by atoms with Crippen LogP contribution >= 0.6 is 0 Å². The molecule has 1 aliphatic rings. The van der Waals surface area contributed by atoms with E-state index in [0.29, 0.717) is 18.4 Å². The van der Waals surface area contributed by atoms with Gasteiger partial charge in [-0.05, 0) is 48.9 Å². The first-order valence-electron chi connectivity index (χ1n) is 11.7. The molecule has 4 rings (SSSR count). The van der Waals surface area contributed by atoms with E-state index >= 15 is 0 Å². The van der Waals surface area contributed by atoms with Gasteiger partial charge >= 0.3 is 0 Å². The number of rotatable bonds is 10. The summed E-state index contributed by atoms with van der Waals surface area (Å²) in [7, 11) is 0. The predicted octanol–water partition coefficient (Wildman–Crippen LogP) is 6.17. The Morgan fingerprint density at radius 1 is 1.03 bits per heavy atom. The maximum Gasteiger partial charge on any atom is 0.226 e. The van der Waals surface area contributed by atoms with Crippen molar-refractivity contribution in [2.45, 2.75) is 58.5 Å². The molecule has 1 amide bonds. The summed E-state index contributed by atoms with van der Waals surface area (Å²) in [6.07, 6.45) is 6.53. The van der Waals surface area contributed by atoms with Crippen molar-refractivity contribution >= 4 is 5.91 Å². The van der Waals surface area contributed by atoms with Crippen LogP contribution < -0.4 is 0 Å². The molecule has 0 aliphatic heterocycles. The maximum absolute atomic E-state index is 13.4. The molecule has 162 valence electrons. The van der Waals surface area contributed by atoms with Crippen molar-refractivity contribution in [2.24, 2.45) is 5.92 Å². The molecule has 1 fully saturated rings. The van der Waals surface area contributed by atoms with Crippen LogP contribution in [-0.2, 0) is 17.9 Å². The van der Waals surface area contributed by atoms with Gasteiger partial charge in [0.15, 0.2) is 0 Å². The van der Waals surface area contributed by atoms with Crippen LogP contribution in [0.5, 0.6) is 0 Å². The molecule has 0 spiro atoms. The normalized spacial score (nSPS) is 17.5. The highest BCUT2D eigenvalue weighted by molar-refractivity contribution is 5.83. The molecule has 1 saturated carbocycles. The second-order valence-corrected chi connectivity index (χ2v) is 8.94. The second kappa shape index (κ2) is 10.00. The highest BCUT2D eigenvalue weighted by Crippen LogP contribution is 2.48. The first-order chi connectivity index (χ1) is 15.2. The lowest BCUT2D eigenvalue weighted by atomic mass is 10.1. The summed E-state index contributed by atoms with van der Waals surface area (Å²) >= 11 is 0. The third kappa shape index (κ3) is 5.46. The lowest BCUT2D eigenvalue weighted by molar-refractivity contribution is -0.133. The molecule has 31 heavy (non-hydrogen) atoms. The van der Waals surface area contributed by atoms with E-state index in [-0.39, 0.29) is 5.92 Å². The zero-order valence-corrected chi connectivity index (χ0v) is 18.8. The SMILES string of the molecule is CCCCCN(Cc1cccn1Cc1cccc(C)c1)C(=O)[C@@H]1C[C@H]1c1ccccc1. The molecule has 1 aliphatic carbocycles. The van der Waals surface area contributed by atoms with Gasteiger partial charge in [0.05, 0.1) is 6.54 Å². The van der Waals surface area contributed by atoms with E-state index in [1.807, 2.05) is 6.07 Å². The molecular weight excluding hydrogens is 380 g/mol. The summed E-state index contributed by atoms with van der Waals surface area (Å²) in [4.78, 5) is 15.6. The molecule has 3 aromatic rings. The monoisotopic (exact) mass is 414 g/mol. The Morgan fingerprint density at radius 2 is 1.87 bits per heavy atom. The van der Waals surface area contributed by atoms with E-state index in [1.165, 1.54) is 35.2 Å². The highest BCUT2D eigenvalue weighted by atomic mass is 16.2. The standard InChI is InChI=1S/C28H34N2O/c1-3-4-8-16-30(28(31)27-19-26(27)24-13-6-5-7-14-24)21-25-15-10-17-29(25)20-23-12-9-11-22(2)18-23/h5-7,9-15,17-18,26-27H,3-4,8,16,19-21H2,1-2H3/t26-,27+/m0/s1. The van der Waals surface area contributed by atoms with Crippen molar-refractivity contribution < 1.29 is 4.79 Å². The van der Waals surface area contributed by atoms with E-state index in [9.17, 15) is 4.79 Å². The quantitative estimate of drug-likeness (QED) is 0.364. The Labute approximate surface area is 186 Å². The largest absolute Gasteiger partial charge is 0.345 e. The molecule has 3 heteroatoms. The van der Waals surface area contributed by atoms with Gasteiger partial charge < -0.3 is 9.47 Å². The Balaban J connectivity index is 1.46. The molecule has 1 heterocycles. The number of unbranched alkanes of at least 4 members (excludes halogenated alkanes) is 2. The van der Waals surface area contributed by atoms with Crippen molar-refractivity contribution in [1.82, 2.24) is 9.47 Å². The predicted molar refractivity (Wildman–Crippen MR) is 127 cm³/mol. The zero-order chi connectivity index (χ0) is 21.6. The third-order valence-corrected chi connectivity index (χ3v) is 6.39. The number of aryl methyl sites for hydroxylation is 1. The van der Waals surface area contributed by atoms with Gasteiger partial charge in [0.1, 0.15) is 0 Å². The number of hydrogen-bond donors (Lipinski definition) is 0. The van der Waals surface area contributed by atoms with E-state index in [2.05, 4.69) is 90.2 Å². The van der Waals surface area contributed by atoms with Crippen molar-refractivity contribution in [3.63, 3.8) is 0 Å². The zero-order valence-electron chi connectivity index (χ0n) is 18.8. The topological polar surface area (TPSA) is 25.2 Å². The third-order valence-electron chi connectivity index (χ3n) is 6.39. The van der Waals surface area contributed by atoms with Crippen LogP contribution in [0, 0.1) is 12.8 Å². The minimum absolute atomic E-state index is 0.143. The van der Waals surface area contributed by atoms with Crippen molar-refractivity contribution in [3.05, 3.63) is 95.3 Å². The molecule has 0 radical (unpaired) electrons. The van der Waals surface area contributed by atoms with E-state index in [4.69, 9.17) is 0 Å². The molecular formula is C28H34N2O. The van der Waals surface area contributed by atoms with Crippen molar-refractivity contribution in [2.75, 3.05) is 6.54 Å². The Kier molecular flexibility index (Phi) is 6.91. The fourth-order valence-electron chi connectivity index (χ4n) is 4.54. The Hall–Kier alpha value is -2.81. The van der Waals surface area contributed by atoms with Gasteiger partial charge in [-0.15, -0.1) is 0 Å². The van der Waals surface area contributed by atoms with Gasteiger partial charge in [0.2, 0.25) is 5.91 Å². The smallest absolute Gasteiger partial charge is 0.226 e. The maximum atomic E-state index is 13.4. The summed E-state index contributed by atoms with van der Waals surface area (Å²) in [6, 6.07) is 23.4. The summed E-state index contributed by atoms with van der Waals surface area (Å²) in [5, 5.41) is 0. The van der Waals surface area contributed by atoms with Gasteiger partial charge in [-0.2, -0.15) is 0 Å². The van der Waals surface area contributed by atoms with Crippen molar-refractivity contribution in [1.29, 1.82) is 0 Å². The number of aromatic nitrogens is 1.